The molecule has 0 aromatic heterocycles. The number of hydrogen-bond donors (Lipinski definition) is 2. The first-order valence-electron chi connectivity index (χ1n) is 6.71. The van der Waals surface area contributed by atoms with Crippen molar-refractivity contribution in [2.45, 2.75) is 12.5 Å². The van der Waals surface area contributed by atoms with Crippen LogP contribution in [0.4, 0.5) is 0 Å². The number of carbonyl (C=O) groups is 1. The van der Waals surface area contributed by atoms with Gasteiger partial charge in [0.15, 0.2) is 0 Å². The van der Waals surface area contributed by atoms with Crippen molar-refractivity contribution < 1.29 is 9.90 Å². The Balaban J connectivity index is 1.94. The summed E-state index contributed by atoms with van der Waals surface area (Å²) in [4.78, 5) is 11.7. The average Bonchev–Trinajstić information content (AvgIpc) is 2.53. The zero-order chi connectivity index (χ0) is 15.1. The molecule has 1 unspecified atom stereocenters. The third-order valence-electron chi connectivity index (χ3n) is 3.08. The summed E-state index contributed by atoms with van der Waals surface area (Å²) in [6.45, 7) is 1.77. The van der Waals surface area contributed by atoms with Gasteiger partial charge >= 0.3 is 0 Å². The molecule has 0 radical (unpaired) electrons. The van der Waals surface area contributed by atoms with E-state index in [0.29, 0.717) is 0 Å². The molecule has 2 aromatic rings. The van der Waals surface area contributed by atoms with Crippen molar-refractivity contribution in [3.63, 3.8) is 0 Å². The first kappa shape index (κ1) is 14.8. The molecule has 0 aliphatic carbocycles. The van der Waals surface area contributed by atoms with E-state index in [-0.39, 0.29) is 6.54 Å². The molecule has 2 rings (SSSR count). The summed E-state index contributed by atoms with van der Waals surface area (Å²) in [6, 6.07) is 18.5. The van der Waals surface area contributed by atoms with Crippen LogP contribution in [-0.4, -0.2) is 17.6 Å². The molecule has 3 nitrogen and oxygen atoms in total. The fourth-order valence-corrected chi connectivity index (χ4v) is 1.85. The third-order valence-corrected chi connectivity index (χ3v) is 3.08. The topological polar surface area (TPSA) is 49.3 Å². The van der Waals surface area contributed by atoms with Crippen molar-refractivity contribution in [3.05, 3.63) is 71.8 Å². The van der Waals surface area contributed by atoms with Crippen molar-refractivity contribution >= 4 is 5.91 Å². The highest BCUT2D eigenvalue weighted by Crippen LogP contribution is 2.18. The summed E-state index contributed by atoms with van der Waals surface area (Å²) in [7, 11) is 0. The molecule has 0 aliphatic heterocycles. The van der Waals surface area contributed by atoms with Crippen LogP contribution in [0.5, 0.6) is 0 Å². The Labute approximate surface area is 124 Å². The maximum atomic E-state index is 11.7. The molecule has 0 bridgehead atoms. The van der Waals surface area contributed by atoms with Crippen LogP contribution >= 0.6 is 0 Å². The van der Waals surface area contributed by atoms with Gasteiger partial charge in [-0.05, 0) is 24.6 Å². The van der Waals surface area contributed by atoms with Gasteiger partial charge in [-0.2, -0.15) is 0 Å². The van der Waals surface area contributed by atoms with Crippen molar-refractivity contribution in [1.82, 2.24) is 5.32 Å². The fraction of sp³-hybridized carbons (Fsp3) is 0.167. The maximum absolute atomic E-state index is 11.7. The molecule has 2 aromatic carbocycles. The number of hydrogen-bond acceptors (Lipinski definition) is 2. The molecule has 0 aliphatic rings. The number of rotatable bonds is 3. The predicted octanol–water partition coefficient (Wildman–Crippen LogP) is 2.06. The number of aliphatic hydroxyl groups is 1. The van der Waals surface area contributed by atoms with Crippen molar-refractivity contribution in [3.8, 4) is 11.8 Å². The summed E-state index contributed by atoms with van der Waals surface area (Å²) < 4.78 is 0. The smallest absolute Gasteiger partial charge is 0.296 e. The largest absolute Gasteiger partial charge is 0.384 e. The zero-order valence-corrected chi connectivity index (χ0v) is 11.8. The molecule has 0 saturated heterocycles. The van der Waals surface area contributed by atoms with E-state index in [1.54, 1.807) is 6.92 Å². The second-order valence-electron chi connectivity index (χ2n) is 4.94. The molecule has 0 spiro atoms. The van der Waals surface area contributed by atoms with Gasteiger partial charge in [0.05, 0.1) is 6.54 Å². The summed E-state index contributed by atoms with van der Waals surface area (Å²) >= 11 is 0. The van der Waals surface area contributed by atoms with Gasteiger partial charge in [0, 0.05) is 11.5 Å². The first-order chi connectivity index (χ1) is 10.1. The van der Waals surface area contributed by atoms with E-state index in [2.05, 4.69) is 17.2 Å². The maximum Gasteiger partial charge on any atom is 0.296 e. The van der Waals surface area contributed by atoms with Gasteiger partial charge in [-0.25, -0.2) is 0 Å². The van der Waals surface area contributed by atoms with Gasteiger partial charge in [0.2, 0.25) is 0 Å². The van der Waals surface area contributed by atoms with Crippen LogP contribution < -0.4 is 5.32 Å². The molecule has 3 heteroatoms. The van der Waals surface area contributed by atoms with Crippen LogP contribution in [0, 0.1) is 11.8 Å². The van der Waals surface area contributed by atoms with Crippen LogP contribution in [0.1, 0.15) is 18.1 Å². The van der Waals surface area contributed by atoms with Crippen molar-refractivity contribution in [1.29, 1.82) is 0 Å². The molecule has 21 heavy (non-hydrogen) atoms. The number of amides is 1. The molecule has 106 valence electrons. The lowest BCUT2D eigenvalue weighted by Gasteiger charge is -2.23. The van der Waals surface area contributed by atoms with E-state index in [0.717, 1.165) is 11.1 Å². The molecule has 0 heterocycles. The van der Waals surface area contributed by atoms with Gasteiger partial charge in [0.1, 0.15) is 5.60 Å². The molecule has 2 N–H and O–H groups in total. The zero-order valence-electron chi connectivity index (χ0n) is 11.8. The van der Waals surface area contributed by atoms with Crippen LogP contribution in [0.25, 0.3) is 0 Å². The standard InChI is InChI=1S/C18H17NO2/c1-18(21,16-10-6-3-7-11-16)14-19-17(20)13-12-15-8-4-2-5-9-15/h2-11,21H,14H2,1H3,(H,19,20). The Morgan fingerprint density at radius 2 is 1.67 bits per heavy atom. The minimum atomic E-state index is -1.12. The summed E-state index contributed by atoms with van der Waals surface area (Å²) in [5, 5.41) is 13.0. The SMILES string of the molecule is CC(O)(CNC(=O)C#Cc1ccccc1)c1ccccc1. The van der Waals surface area contributed by atoms with E-state index in [1.807, 2.05) is 60.7 Å². The number of benzene rings is 2. The Kier molecular flexibility index (Phi) is 4.76. The number of carbonyl (C=O) groups excluding carboxylic acids is 1. The van der Waals surface area contributed by atoms with E-state index < -0.39 is 11.5 Å². The second kappa shape index (κ2) is 6.74. The molecule has 1 amide bonds. The van der Waals surface area contributed by atoms with Crippen LogP contribution in [-0.2, 0) is 10.4 Å². The summed E-state index contributed by atoms with van der Waals surface area (Å²) in [6.07, 6.45) is 0. The molecular weight excluding hydrogens is 262 g/mol. The van der Waals surface area contributed by atoms with Gasteiger partial charge < -0.3 is 10.4 Å². The lowest BCUT2D eigenvalue weighted by atomic mass is 9.96. The van der Waals surface area contributed by atoms with Gasteiger partial charge in [-0.3, -0.25) is 4.79 Å². The van der Waals surface area contributed by atoms with Crippen LogP contribution in [0.3, 0.4) is 0 Å². The molecule has 0 saturated carbocycles. The van der Waals surface area contributed by atoms with E-state index in [1.165, 1.54) is 0 Å². The van der Waals surface area contributed by atoms with E-state index in [4.69, 9.17) is 0 Å². The van der Waals surface area contributed by atoms with Gasteiger partial charge in [-0.1, -0.05) is 54.5 Å². The van der Waals surface area contributed by atoms with Crippen LogP contribution in [0.2, 0.25) is 0 Å². The van der Waals surface area contributed by atoms with Crippen molar-refractivity contribution in [2.75, 3.05) is 6.54 Å². The Morgan fingerprint density at radius 3 is 2.29 bits per heavy atom. The lowest BCUT2D eigenvalue weighted by molar-refractivity contribution is -0.116. The lowest BCUT2D eigenvalue weighted by Crippen LogP contribution is -2.38. The van der Waals surface area contributed by atoms with Crippen LogP contribution in [0.15, 0.2) is 60.7 Å². The third kappa shape index (κ3) is 4.48. The highest BCUT2D eigenvalue weighted by Gasteiger charge is 2.22. The Morgan fingerprint density at radius 1 is 1.10 bits per heavy atom. The minimum Gasteiger partial charge on any atom is -0.384 e. The first-order valence-corrected chi connectivity index (χ1v) is 6.71. The second-order valence-corrected chi connectivity index (χ2v) is 4.94. The predicted molar refractivity (Wildman–Crippen MR) is 82.3 cm³/mol. The number of nitrogens with one attached hydrogen (secondary N) is 1. The average molecular weight is 279 g/mol. The van der Waals surface area contributed by atoms with Gasteiger partial charge in [0.25, 0.3) is 5.91 Å². The molecule has 1 atom stereocenters. The Hall–Kier alpha value is -2.57. The Bertz CT molecular complexity index is 652. The van der Waals surface area contributed by atoms with Gasteiger partial charge in [-0.15, -0.1) is 0 Å². The summed E-state index contributed by atoms with van der Waals surface area (Å²) in [5.41, 5.74) is 0.412. The van der Waals surface area contributed by atoms with Crippen molar-refractivity contribution in [2.24, 2.45) is 0 Å². The highest BCUT2D eigenvalue weighted by atomic mass is 16.3. The highest BCUT2D eigenvalue weighted by molar-refractivity contribution is 5.94. The molecular formula is C18H17NO2. The monoisotopic (exact) mass is 279 g/mol. The quantitative estimate of drug-likeness (QED) is 0.845. The normalized spacial score (nSPS) is 12.7. The fourth-order valence-electron chi connectivity index (χ4n) is 1.85. The minimum absolute atomic E-state index is 0.110. The molecule has 0 fully saturated rings. The summed E-state index contributed by atoms with van der Waals surface area (Å²) in [5.74, 6) is 4.88. The van der Waals surface area contributed by atoms with E-state index in [9.17, 15) is 9.90 Å². The van der Waals surface area contributed by atoms with E-state index >= 15 is 0 Å².